The summed E-state index contributed by atoms with van der Waals surface area (Å²) in [5.41, 5.74) is 0.675. The smallest absolute Gasteiger partial charge is 0.00481 e. The number of hydrogen-bond acceptors (Lipinski definition) is 2. The molecule has 2 aliphatic rings. The second-order valence-corrected chi connectivity index (χ2v) is 3.91. The molecule has 0 unspecified atom stereocenters. The van der Waals surface area contributed by atoms with Gasteiger partial charge in [-0.1, -0.05) is 0 Å². The molecule has 0 radical (unpaired) electrons. The molecular formula is C8H16N2. The Hall–Kier alpha value is -0.0800. The van der Waals surface area contributed by atoms with Crippen LogP contribution in [-0.2, 0) is 0 Å². The van der Waals surface area contributed by atoms with Crippen molar-refractivity contribution in [3.05, 3.63) is 0 Å². The minimum atomic E-state index is 0.675. The summed E-state index contributed by atoms with van der Waals surface area (Å²) in [6, 6.07) is 0. The predicted molar refractivity (Wildman–Crippen MR) is 42.0 cm³/mol. The zero-order chi connectivity index (χ0) is 7.03. The molecule has 2 heterocycles. The maximum Gasteiger partial charge on any atom is 0.00481 e. The van der Waals surface area contributed by atoms with E-state index in [4.69, 9.17) is 0 Å². The molecule has 2 rings (SSSR count). The van der Waals surface area contributed by atoms with Crippen molar-refractivity contribution in [3.63, 3.8) is 0 Å². The number of likely N-dealkylation sites (tertiary alicyclic amines) is 1. The molecule has 0 saturated carbocycles. The lowest BCUT2D eigenvalue weighted by Gasteiger charge is -2.20. The van der Waals surface area contributed by atoms with E-state index in [9.17, 15) is 0 Å². The van der Waals surface area contributed by atoms with Gasteiger partial charge in [0.2, 0.25) is 0 Å². The van der Waals surface area contributed by atoms with E-state index in [2.05, 4.69) is 17.3 Å². The molecule has 0 amide bonds. The maximum absolute atomic E-state index is 3.45. The molecule has 2 heteroatoms. The summed E-state index contributed by atoms with van der Waals surface area (Å²) in [5.74, 6) is 0. The average molecular weight is 140 g/mol. The van der Waals surface area contributed by atoms with Crippen molar-refractivity contribution in [3.8, 4) is 0 Å². The Kier molecular flexibility index (Phi) is 1.46. The van der Waals surface area contributed by atoms with E-state index in [1.807, 2.05) is 0 Å². The Morgan fingerprint density at radius 1 is 1.40 bits per heavy atom. The van der Waals surface area contributed by atoms with E-state index in [1.54, 1.807) is 0 Å². The van der Waals surface area contributed by atoms with Gasteiger partial charge >= 0.3 is 0 Å². The summed E-state index contributed by atoms with van der Waals surface area (Å²) in [4.78, 5) is 2.45. The Morgan fingerprint density at radius 3 is 2.80 bits per heavy atom. The highest BCUT2D eigenvalue weighted by atomic mass is 15.1. The fourth-order valence-electron chi connectivity index (χ4n) is 2.30. The van der Waals surface area contributed by atoms with Crippen LogP contribution in [0.2, 0.25) is 0 Å². The van der Waals surface area contributed by atoms with Crippen LogP contribution in [0.3, 0.4) is 0 Å². The molecule has 2 aliphatic heterocycles. The Bertz CT molecular complexity index is 127. The molecule has 2 saturated heterocycles. The van der Waals surface area contributed by atoms with Gasteiger partial charge in [0.15, 0.2) is 0 Å². The second kappa shape index (κ2) is 2.21. The molecule has 2 fully saturated rings. The molecule has 10 heavy (non-hydrogen) atoms. The first-order chi connectivity index (χ1) is 4.81. The van der Waals surface area contributed by atoms with Crippen molar-refractivity contribution in [2.24, 2.45) is 5.41 Å². The van der Waals surface area contributed by atoms with Crippen LogP contribution in [0.1, 0.15) is 12.8 Å². The fraction of sp³-hybridized carbons (Fsp3) is 1.00. The Morgan fingerprint density at radius 2 is 2.30 bits per heavy atom. The molecule has 0 aliphatic carbocycles. The highest BCUT2D eigenvalue weighted by Crippen LogP contribution is 2.34. The number of hydrogen-bond donors (Lipinski definition) is 1. The van der Waals surface area contributed by atoms with Gasteiger partial charge in [0.1, 0.15) is 0 Å². The van der Waals surface area contributed by atoms with Crippen LogP contribution in [0, 0.1) is 5.41 Å². The molecular weight excluding hydrogens is 124 g/mol. The van der Waals surface area contributed by atoms with E-state index in [0.717, 1.165) is 0 Å². The van der Waals surface area contributed by atoms with Crippen LogP contribution in [0.5, 0.6) is 0 Å². The first-order valence-corrected chi connectivity index (χ1v) is 4.20. The fourth-order valence-corrected chi connectivity index (χ4v) is 2.30. The van der Waals surface area contributed by atoms with Crippen LogP contribution in [0.25, 0.3) is 0 Å². The molecule has 1 atom stereocenters. The normalized spacial score (nSPS) is 41.7. The topological polar surface area (TPSA) is 15.3 Å². The third kappa shape index (κ3) is 0.956. The summed E-state index contributed by atoms with van der Waals surface area (Å²) >= 11 is 0. The van der Waals surface area contributed by atoms with Crippen LogP contribution < -0.4 is 5.32 Å². The van der Waals surface area contributed by atoms with Crippen LogP contribution in [0.15, 0.2) is 0 Å². The van der Waals surface area contributed by atoms with Crippen molar-refractivity contribution >= 4 is 0 Å². The van der Waals surface area contributed by atoms with E-state index in [1.165, 1.54) is 39.0 Å². The van der Waals surface area contributed by atoms with Gasteiger partial charge in [0.25, 0.3) is 0 Å². The summed E-state index contributed by atoms with van der Waals surface area (Å²) in [6.45, 7) is 5.13. The summed E-state index contributed by atoms with van der Waals surface area (Å²) in [5, 5.41) is 3.45. The zero-order valence-electron chi connectivity index (χ0n) is 6.69. The van der Waals surface area contributed by atoms with Crippen molar-refractivity contribution in [1.29, 1.82) is 0 Å². The molecule has 1 N–H and O–H groups in total. The van der Waals surface area contributed by atoms with E-state index in [0.29, 0.717) is 5.41 Å². The van der Waals surface area contributed by atoms with Crippen LogP contribution in [-0.4, -0.2) is 38.1 Å². The third-order valence-corrected chi connectivity index (χ3v) is 2.96. The quantitative estimate of drug-likeness (QED) is 0.520. The molecule has 0 bridgehead atoms. The minimum Gasteiger partial charge on any atom is -0.316 e. The zero-order valence-corrected chi connectivity index (χ0v) is 6.69. The van der Waals surface area contributed by atoms with Gasteiger partial charge in [-0.25, -0.2) is 0 Å². The Labute approximate surface area is 62.6 Å². The first kappa shape index (κ1) is 6.62. The lowest BCUT2D eigenvalue weighted by Crippen LogP contribution is -2.27. The molecule has 0 aromatic heterocycles. The van der Waals surface area contributed by atoms with Crippen molar-refractivity contribution in [2.45, 2.75) is 12.8 Å². The van der Waals surface area contributed by atoms with Gasteiger partial charge in [0, 0.05) is 13.1 Å². The number of rotatable bonds is 0. The lowest BCUT2D eigenvalue weighted by atomic mass is 9.87. The first-order valence-electron chi connectivity index (χ1n) is 4.20. The summed E-state index contributed by atoms with van der Waals surface area (Å²) in [7, 11) is 2.23. The summed E-state index contributed by atoms with van der Waals surface area (Å²) in [6.07, 6.45) is 2.81. The van der Waals surface area contributed by atoms with Gasteiger partial charge in [-0.2, -0.15) is 0 Å². The highest BCUT2D eigenvalue weighted by molar-refractivity contribution is 4.94. The molecule has 58 valence electrons. The van der Waals surface area contributed by atoms with E-state index in [-0.39, 0.29) is 0 Å². The van der Waals surface area contributed by atoms with Crippen LogP contribution in [0.4, 0.5) is 0 Å². The number of nitrogens with one attached hydrogen (secondary N) is 1. The van der Waals surface area contributed by atoms with Crippen molar-refractivity contribution < 1.29 is 0 Å². The van der Waals surface area contributed by atoms with Crippen LogP contribution >= 0.6 is 0 Å². The molecule has 1 spiro atoms. The number of nitrogens with zero attached hydrogens (tertiary/aromatic N) is 1. The van der Waals surface area contributed by atoms with Gasteiger partial charge in [-0.05, 0) is 38.4 Å². The third-order valence-electron chi connectivity index (χ3n) is 2.96. The highest BCUT2D eigenvalue weighted by Gasteiger charge is 2.38. The second-order valence-electron chi connectivity index (χ2n) is 3.91. The predicted octanol–water partition coefficient (Wildman–Crippen LogP) is 0.302. The summed E-state index contributed by atoms with van der Waals surface area (Å²) < 4.78 is 0. The van der Waals surface area contributed by atoms with E-state index >= 15 is 0 Å². The SMILES string of the molecule is CN1CC[C@]2(CCNC2)C1. The standard InChI is InChI=1S/C8H16N2/c1-10-5-3-8(7-10)2-4-9-6-8/h9H,2-7H2,1H3/t8-/m0/s1. The molecule has 2 nitrogen and oxygen atoms in total. The van der Waals surface area contributed by atoms with E-state index < -0.39 is 0 Å². The van der Waals surface area contributed by atoms with Gasteiger partial charge < -0.3 is 10.2 Å². The monoisotopic (exact) mass is 140 g/mol. The van der Waals surface area contributed by atoms with Crippen molar-refractivity contribution in [2.75, 3.05) is 33.2 Å². The molecule has 0 aromatic carbocycles. The van der Waals surface area contributed by atoms with Gasteiger partial charge in [-0.3, -0.25) is 0 Å². The lowest BCUT2D eigenvalue weighted by molar-refractivity contribution is 0.309. The largest absolute Gasteiger partial charge is 0.316 e. The average Bonchev–Trinajstić information content (AvgIpc) is 2.46. The minimum absolute atomic E-state index is 0.675. The maximum atomic E-state index is 3.45. The van der Waals surface area contributed by atoms with Gasteiger partial charge in [-0.15, -0.1) is 0 Å². The molecule has 0 aromatic rings. The van der Waals surface area contributed by atoms with Gasteiger partial charge in [0.05, 0.1) is 0 Å². The Balaban J connectivity index is 2.03. The van der Waals surface area contributed by atoms with Crippen molar-refractivity contribution in [1.82, 2.24) is 10.2 Å².